The van der Waals surface area contributed by atoms with Gasteiger partial charge in [0.2, 0.25) is 0 Å². The van der Waals surface area contributed by atoms with Crippen LogP contribution in [0.15, 0.2) is 18.2 Å². The Morgan fingerprint density at radius 3 is 2.38 bits per heavy atom. The second-order valence-corrected chi connectivity index (χ2v) is 4.45. The fourth-order valence-corrected chi connectivity index (χ4v) is 1.58. The highest BCUT2D eigenvalue weighted by Gasteiger charge is 2.21. The fourth-order valence-electron chi connectivity index (χ4n) is 1.10. The van der Waals surface area contributed by atoms with Crippen LogP contribution in [0.25, 0.3) is 0 Å². The van der Waals surface area contributed by atoms with Crippen molar-refractivity contribution >= 4 is 23.2 Å². The maximum atomic E-state index is 13.3. The normalized spacial score (nSPS) is 11.8. The summed E-state index contributed by atoms with van der Waals surface area (Å²) in [6.45, 7) is 2.11. The van der Waals surface area contributed by atoms with Crippen LogP contribution in [0.1, 0.15) is 12.5 Å². The summed E-state index contributed by atoms with van der Waals surface area (Å²) in [5.74, 6) is -0.517. The zero-order valence-corrected chi connectivity index (χ0v) is 10.4. The largest absolute Gasteiger partial charge is 0.305 e. The van der Waals surface area contributed by atoms with E-state index in [1.54, 1.807) is 0 Å². The van der Waals surface area contributed by atoms with Crippen LogP contribution in [0.4, 0.5) is 8.78 Å². The van der Waals surface area contributed by atoms with Gasteiger partial charge in [0, 0.05) is 35.5 Å². The maximum absolute atomic E-state index is 13.3. The Labute approximate surface area is 104 Å². The molecule has 0 aliphatic rings. The van der Waals surface area contributed by atoms with Gasteiger partial charge in [-0.3, -0.25) is 0 Å². The van der Waals surface area contributed by atoms with E-state index in [0.717, 1.165) is 6.07 Å². The Balaban J connectivity index is 2.67. The second-order valence-electron chi connectivity index (χ2n) is 3.92. The van der Waals surface area contributed by atoms with Crippen molar-refractivity contribution in [1.82, 2.24) is 5.32 Å². The Morgan fingerprint density at radius 1 is 1.25 bits per heavy atom. The van der Waals surface area contributed by atoms with Crippen molar-refractivity contribution in [2.24, 2.45) is 0 Å². The molecule has 0 radical (unpaired) electrons. The van der Waals surface area contributed by atoms with Crippen molar-refractivity contribution in [2.75, 3.05) is 11.8 Å². The van der Waals surface area contributed by atoms with Gasteiger partial charge in [-0.05, 0) is 13.0 Å². The first kappa shape index (κ1) is 13.7. The summed E-state index contributed by atoms with van der Waals surface area (Å²) >= 11 is 11.5. The average Bonchev–Trinajstić information content (AvgIpc) is 2.27. The van der Waals surface area contributed by atoms with Gasteiger partial charge in [-0.2, -0.15) is 0 Å². The third-order valence-electron chi connectivity index (χ3n) is 2.31. The molecular formula is C11H13Cl2F2N. The van der Waals surface area contributed by atoms with Gasteiger partial charge in [0.05, 0.1) is 0 Å². The zero-order valence-electron chi connectivity index (χ0n) is 8.87. The monoisotopic (exact) mass is 267 g/mol. The minimum absolute atomic E-state index is 0.266. The Hall–Kier alpha value is -0.380. The van der Waals surface area contributed by atoms with Gasteiger partial charge < -0.3 is 5.32 Å². The van der Waals surface area contributed by atoms with Crippen LogP contribution in [0.3, 0.4) is 0 Å². The summed E-state index contributed by atoms with van der Waals surface area (Å²) in [6, 6.07) is 3.48. The number of benzene rings is 1. The predicted octanol–water partition coefficient (Wildman–Crippen LogP) is 3.29. The van der Waals surface area contributed by atoms with Gasteiger partial charge in [-0.25, -0.2) is 8.78 Å². The lowest BCUT2D eigenvalue weighted by Gasteiger charge is -2.26. The highest BCUT2D eigenvalue weighted by Crippen LogP contribution is 2.13. The van der Waals surface area contributed by atoms with Crippen molar-refractivity contribution in [3.05, 3.63) is 35.4 Å². The third kappa shape index (κ3) is 3.58. The summed E-state index contributed by atoms with van der Waals surface area (Å²) in [4.78, 5) is 0. The molecular weight excluding hydrogens is 255 g/mol. The highest BCUT2D eigenvalue weighted by atomic mass is 35.5. The standard InChI is InChI=1S/C11H13Cl2F2N/c1-11(6-12,7-13)16-5-8-2-3-9(14)4-10(8)15/h2-4,16H,5-7H2,1H3. The molecule has 1 N–H and O–H groups in total. The molecule has 0 saturated carbocycles. The van der Waals surface area contributed by atoms with E-state index in [1.165, 1.54) is 12.1 Å². The molecule has 16 heavy (non-hydrogen) atoms. The van der Waals surface area contributed by atoms with Gasteiger partial charge in [0.25, 0.3) is 0 Å². The molecule has 0 bridgehead atoms. The number of halogens is 4. The summed E-state index contributed by atoms with van der Waals surface area (Å²) in [5.41, 5.74) is -0.0629. The number of alkyl halides is 2. The average molecular weight is 268 g/mol. The van der Waals surface area contributed by atoms with E-state index in [2.05, 4.69) is 5.32 Å². The van der Waals surface area contributed by atoms with Gasteiger partial charge in [0.1, 0.15) is 11.6 Å². The maximum Gasteiger partial charge on any atom is 0.130 e. The van der Waals surface area contributed by atoms with E-state index in [1.807, 2.05) is 6.92 Å². The number of hydrogen-bond acceptors (Lipinski definition) is 1. The van der Waals surface area contributed by atoms with Crippen molar-refractivity contribution in [1.29, 1.82) is 0 Å². The summed E-state index contributed by atoms with van der Waals surface area (Å²) in [6.07, 6.45) is 0. The predicted molar refractivity (Wildman–Crippen MR) is 63.0 cm³/mol. The van der Waals surface area contributed by atoms with Gasteiger partial charge in [0.15, 0.2) is 0 Å². The summed E-state index contributed by atoms with van der Waals surface area (Å²) < 4.78 is 25.9. The summed E-state index contributed by atoms with van der Waals surface area (Å²) in [7, 11) is 0. The number of hydrogen-bond donors (Lipinski definition) is 1. The quantitative estimate of drug-likeness (QED) is 0.808. The minimum Gasteiger partial charge on any atom is -0.305 e. The van der Waals surface area contributed by atoms with E-state index in [0.29, 0.717) is 17.3 Å². The van der Waals surface area contributed by atoms with E-state index in [4.69, 9.17) is 23.2 Å². The first-order chi connectivity index (χ1) is 7.50. The molecule has 0 unspecified atom stereocenters. The lowest BCUT2D eigenvalue weighted by atomic mass is 10.1. The van der Waals surface area contributed by atoms with Crippen LogP contribution in [0.5, 0.6) is 0 Å². The van der Waals surface area contributed by atoms with Crippen LogP contribution in [-0.2, 0) is 6.54 Å². The van der Waals surface area contributed by atoms with Crippen LogP contribution >= 0.6 is 23.2 Å². The number of nitrogens with one attached hydrogen (secondary N) is 1. The fraction of sp³-hybridized carbons (Fsp3) is 0.455. The first-order valence-corrected chi connectivity index (χ1v) is 5.88. The van der Waals surface area contributed by atoms with E-state index in [-0.39, 0.29) is 6.54 Å². The molecule has 0 aliphatic heterocycles. The van der Waals surface area contributed by atoms with Crippen molar-refractivity contribution in [3.63, 3.8) is 0 Å². The van der Waals surface area contributed by atoms with Crippen LogP contribution in [-0.4, -0.2) is 17.3 Å². The molecule has 0 saturated heterocycles. The van der Waals surface area contributed by atoms with Gasteiger partial charge in [-0.15, -0.1) is 23.2 Å². The Kier molecular flexibility index (Phi) is 4.96. The lowest BCUT2D eigenvalue weighted by Crippen LogP contribution is -2.45. The SMILES string of the molecule is CC(CCl)(CCl)NCc1ccc(F)cc1F. The van der Waals surface area contributed by atoms with Crippen LogP contribution in [0.2, 0.25) is 0 Å². The molecule has 0 heterocycles. The second kappa shape index (κ2) is 5.80. The topological polar surface area (TPSA) is 12.0 Å². The molecule has 1 rings (SSSR count). The molecule has 0 atom stereocenters. The van der Waals surface area contributed by atoms with E-state index >= 15 is 0 Å². The van der Waals surface area contributed by atoms with E-state index in [9.17, 15) is 8.78 Å². The van der Waals surface area contributed by atoms with E-state index < -0.39 is 17.2 Å². The van der Waals surface area contributed by atoms with Crippen LogP contribution < -0.4 is 5.32 Å². The minimum atomic E-state index is -0.585. The molecule has 0 aliphatic carbocycles. The molecule has 0 amide bonds. The Bertz CT molecular complexity index is 354. The molecule has 5 heteroatoms. The van der Waals surface area contributed by atoms with Crippen LogP contribution in [0, 0.1) is 11.6 Å². The third-order valence-corrected chi connectivity index (χ3v) is 3.49. The lowest BCUT2D eigenvalue weighted by molar-refractivity contribution is 0.428. The molecule has 0 fully saturated rings. The Morgan fingerprint density at radius 2 is 1.88 bits per heavy atom. The van der Waals surface area contributed by atoms with Crippen molar-refractivity contribution in [2.45, 2.75) is 19.0 Å². The molecule has 1 nitrogen and oxygen atoms in total. The van der Waals surface area contributed by atoms with Gasteiger partial charge >= 0.3 is 0 Å². The van der Waals surface area contributed by atoms with Crippen molar-refractivity contribution < 1.29 is 8.78 Å². The molecule has 1 aromatic rings. The first-order valence-electron chi connectivity index (χ1n) is 4.81. The highest BCUT2D eigenvalue weighted by molar-refractivity contribution is 6.22. The molecule has 1 aromatic carbocycles. The summed E-state index contributed by atoms with van der Waals surface area (Å²) in [5, 5.41) is 3.05. The van der Waals surface area contributed by atoms with Crippen molar-refractivity contribution in [3.8, 4) is 0 Å². The van der Waals surface area contributed by atoms with Gasteiger partial charge in [-0.1, -0.05) is 6.07 Å². The zero-order chi connectivity index (χ0) is 12.2. The smallest absolute Gasteiger partial charge is 0.130 e. The molecule has 0 aromatic heterocycles. The molecule has 90 valence electrons. The molecule has 0 spiro atoms. The number of rotatable bonds is 5.